The predicted octanol–water partition coefficient (Wildman–Crippen LogP) is -0.378. The van der Waals surface area contributed by atoms with Crippen molar-refractivity contribution in [2.45, 2.75) is 50.3 Å². The fraction of sp³-hybridized carbons (Fsp3) is 1.00. The summed E-state index contributed by atoms with van der Waals surface area (Å²) in [5.41, 5.74) is 0. The van der Waals surface area contributed by atoms with Gasteiger partial charge in [0.1, 0.15) is 24.4 Å². The highest BCUT2D eigenvalue weighted by Crippen LogP contribution is 2.40. The molecule has 0 aromatic heterocycles. The summed E-state index contributed by atoms with van der Waals surface area (Å²) in [6.45, 7) is 4.07. The molecule has 14 heavy (non-hydrogen) atoms. The number of aliphatic hydroxyl groups is 1. The number of aliphatic hydroxyl groups excluding tert-OH is 1. The zero-order valence-electron chi connectivity index (χ0n) is 8.17. The summed E-state index contributed by atoms with van der Waals surface area (Å²) in [4.78, 5) is 0. The van der Waals surface area contributed by atoms with Gasteiger partial charge in [-0.2, -0.15) is 0 Å². The van der Waals surface area contributed by atoms with Crippen molar-refractivity contribution in [2.24, 2.45) is 0 Å². The van der Waals surface area contributed by atoms with E-state index in [2.05, 4.69) is 0 Å². The molecule has 3 unspecified atom stereocenters. The van der Waals surface area contributed by atoms with E-state index < -0.39 is 11.9 Å². The van der Waals surface area contributed by atoms with Crippen molar-refractivity contribution < 1.29 is 24.1 Å². The van der Waals surface area contributed by atoms with Gasteiger partial charge in [0.15, 0.2) is 12.1 Å². The molecular weight excluding hydrogens is 188 g/mol. The lowest BCUT2D eigenvalue weighted by molar-refractivity contribution is -0.198. The summed E-state index contributed by atoms with van der Waals surface area (Å²) >= 11 is 0. The van der Waals surface area contributed by atoms with Crippen LogP contribution in [-0.4, -0.2) is 48.2 Å². The molecule has 0 spiro atoms. The Hall–Kier alpha value is -0.200. The maximum Gasteiger partial charge on any atom is 0.187 e. The van der Waals surface area contributed by atoms with E-state index in [1.165, 1.54) is 0 Å². The molecule has 2 bridgehead atoms. The highest BCUT2D eigenvalue weighted by Gasteiger charge is 2.58. The Labute approximate surface area is 81.9 Å². The second-order valence-corrected chi connectivity index (χ2v) is 4.43. The minimum atomic E-state index is -0.659. The third-order valence-corrected chi connectivity index (χ3v) is 2.88. The van der Waals surface area contributed by atoms with Crippen LogP contribution >= 0.6 is 0 Å². The van der Waals surface area contributed by atoms with Crippen LogP contribution in [0.1, 0.15) is 13.8 Å². The quantitative estimate of drug-likeness (QED) is 0.580. The Kier molecular flexibility index (Phi) is 1.73. The molecule has 0 radical (unpaired) electrons. The molecule has 5 heteroatoms. The summed E-state index contributed by atoms with van der Waals surface area (Å²) in [6.07, 6.45) is -1.93. The van der Waals surface area contributed by atoms with E-state index >= 15 is 0 Å². The monoisotopic (exact) mass is 202 g/mol. The van der Waals surface area contributed by atoms with Gasteiger partial charge in [0.2, 0.25) is 0 Å². The average molecular weight is 202 g/mol. The van der Waals surface area contributed by atoms with Gasteiger partial charge < -0.3 is 24.1 Å². The van der Waals surface area contributed by atoms with Crippen molar-refractivity contribution in [3.8, 4) is 0 Å². The summed E-state index contributed by atoms with van der Waals surface area (Å²) < 4.78 is 22.0. The van der Waals surface area contributed by atoms with E-state index in [0.29, 0.717) is 6.61 Å². The van der Waals surface area contributed by atoms with Crippen molar-refractivity contribution in [3.05, 3.63) is 0 Å². The summed E-state index contributed by atoms with van der Waals surface area (Å²) in [5, 5.41) is 9.89. The largest absolute Gasteiger partial charge is 0.387 e. The third kappa shape index (κ3) is 1.14. The first-order chi connectivity index (χ1) is 6.57. The molecule has 3 saturated heterocycles. The van der Waals surface area contributed by atoms with E-state index in [1.807, 2.05) is 13.8 Å². The van der Waals surface area contributed by atoms with Crippen LogP contribution in [0.3, 0.4) is 0 Å². The lowest BCUT2D eigenvalue weighted by Gasteiger charge is -2.31. The SMILES string of the molecule is CC1(C)OC2C(O1)[C@@H](O)C1CO[C@@H]2O1. The van der Waals surface area contributed by atoms with Gasteiger partial charge in [-0.25, -0.2) is 0 Å². The minimum Gasteiger partial charge on any atom is -0.387 e. The molecule has 0 amide bonds. The fourth-order valence-electron chi connectivity index (χ4n) is 2.30. The zero-order valence-corrected chi connectivity index (χ0v) is 8.17. The topological polar surface area (TPSA) is 57.2 Å². The van der Waals surface area contributed by atoms with Crippen LogP contribution in [0.2, 0.25) is 0 Å². The van der Waals surface area contributed by atoms with Crippen molar-refractivity contribution >= 4 is 0 Å². The summed E-state index contributed by atoms with van der Waals surface area (Å²) in [5.74, 6) is -0.659. The third-order valence-electron chi connectivity index (χ3n) is 2.88. The smallest absolute Gasteiger partial charge is 0.187 e. The van der Waals surface area contributed by atoms with Gasteiger partial charge >= 0.3 is 0 Å². The fourth-order valence-corrected chi connectivity index (χ4v) is 2.30. The van der Waals surface area contributed by atoms with Gasteiger partial charge in [0.25, 0.3) is 0 Å². The van der Waals surface area contributed by atoms with Gasteiger partial charge in [-0.3, -0.25) is 0 Å². The molecule has 3 aliphatic rings. The Balaban J connectivity index is 1.88. The van der Waals surface area contributed by atoms with Crippen molar-refractivity contribution in [2.75, 3.05) is 6.61 Å². The average Bonchev–Trinajstić information content (AvgIpc) is 2.64. The maximum absolute atomic E-state index is 9.89. The van der Waals surface area contributed by atoms with Crippen LogP contribution in [0.25, 0.3) is 0 Å². The molecule has 0 saturated carbocycles. The lowest BCUT2D eigenvalue weighted by atomic mass is 10.0. The van der Waals surface area contributed by atoms with E-state index in [1.54, 1.807) is 0 Å². The number of fused-ring (bicyclic) bond motifs is 4. The number of ether oxygens (including phenoxy) is 4. The number of rotatable bonds is 0. The molecule has 1 N–H and O–H groups in total. The standard InChI is InChI=1S/C9H14O5/c1-9(2)13-6-5(10)4-3-11-8(12-4)7(6)14-9/h4-8,10H,3H2,1-2H3/t4?,5-,6?,7?,8+/m0/s1. The second kappa shape index (κ2) is 2.68. The van der Waals surface area contributed by atoms with Crippen molar-refractivity contribution in [1.29, 1.82) is 0 Å². The van der Waals surface area contributed by atoms with Crippen molar-refractivity contribution in [1.82, 2.24) is 0 Å². The van der Waals surface area contributed by atoms with Crippen LogP contribution in [0.5, 0.6) is 0 Å². The first kappa shape index (κ1) is 9.06. The van der Waals surface area contributed by atoms with Crippen LogP contribution in [0.15, 0.2) is 0 Å². The van der Waals surface area contributed by atoms with Gasteiger partial charge in [-0.1, -0.05) is 0 Å². The van der Waals surface area contributed by atoms with Gasteiger partial charge in [0, 0.05) is 0 Å². The minimum absolute atomic E-state index is 0.265. The van der Waals surface area contributed by atoms with E-state index in [4.69, 9.17) is 18.9 Å². The molecule has 3 rings (SSSR count). The molecule has 3 fully saturated rings. The molecule has 5 atom stereocenters. The summed E-state index contributed by atoms with van der Waals surface area (Å²) in [7, 11) is 0. The highest BCUT2D eigenvalue weighted by molar-refractivity contribution is 4.98. The first-order valence-electron chi connectivity index (χ1n) is 4.88. The molecule has 5 nitrogen and oxygen atoms in total. The first-order valence-corrected chi connectivity index (χ1v) is 4.88. The number of hydrogen-bond donors (Lipinski definition) is 1. The Morgan fingerprint density at radius 1 is 1.21 bits per heavy atom. The molecule has 3 heterocycles. The molecule has 80 valence electrons. The molecule has 0 aromatic carbocycles. The van der Waals surface area contributed by atoms with E-state index in [9.17, 15) is 5.11 Å². The van der Waals surface area contributed by atoms with E-state index in [-0.39, 0.29) is 24.6 Å². The lowest BCUT2D eigenvalue weighted by Crippen LogP contribution is -2.52. The van der Waals surface area contributed by atoms with Crippen LogP contribution in [-0.2, 0) is 18.9 Å². The van der Waals surface area contributed by atoms with Gasteiger partial charge in [0.05, 0.1) is 6.61 Å². The molecule has 3 aliphatic heterocycles. The van der Waals surface area contributed by atoms with Gasteiger partial charge in [-0.15, -0.1) is 0 Å². The molecule has 0 aliphatic carbocycles. The summed E-state index contributed by atoms with van der Waals surface area (Å²) in [6, 6.07) is 0. The van der Waals surface area contributed by atoms with Crippen molar-refractivity contribution in [3.63, 3.8) is 0 Å². The van der Waals surface area contributed by atoms with E-state index in [0.717, 1.165) is 0 Å². The van der Waals surface area contributed by atoms with Crippen LogP contribution in [0, 0.1) is 0 Å². The van der Waals surface area contributed by atoms with Crippen LogP contribution in [0.4, 0.5) is 0 Å². The maximum atomic E-state index is 9.89. The van der Waals surface area contributed by atoms with Crippen LogP contribution < -0.4 is 0 Å². The second-order valence-electron chi connectivity index (χ2n) is 4.43. The molecule has 0 aromatic rings. The molecular formula is C9H14O5. The number of hydrogen-bond acceptors (Lipinski definition) is 5. The Morgan fingerprint density at radius 2 is 1.93 bits per heavy atom. The Morgan fingerprint density at radius 3 is 2.71 bits per heavy atom. The van der Waals surface area contributed by atoms with Gasteiger partial charge in [-0.05, 0) is 13.8 Å². The highest BCUT2D eigenvalue weighted by atomic mass is 16.8. The predicted molar refractivity (Wildman–Crippen MR) is 44.4 cm³/mol. The normalized spacial score (nSPS) is 54.6. The Bertz CT molecular complexity index is 246. The zero-order chi connectivity index (χ0) is 9.92.